The number of benzene rings is 1. The number of anilines is 1. The SMILES string of the molecule is NCCCCCCCCCCCCCCCCCCNc1ccccc1. The van der Waals surface area contributed by atoms with Gasteiger partial charge in [0, 0.05) is 12.2 Å². The molecule has 0 aliphatic carbocycles. The van der Waals surface area contributed by atoms with Crippen molar-refractivity contribution in [1.29, 1.82) is 0 Å². The molecule has 1 aromatic carbocycles. The van der Waals surface area contributed by atoms with Gasteiger partial charge in [-0.1, -0.05) is 108 Å². The third-order valence-electron chi connectivity index (χ3n) is 5.23. The summed E-state index contributed by atoms with van der Waals surface area (Å²) < 4.78 is 0. The minimum Gasteiger partial charge on any atom is -0.385 e. The third kappa shape index (κ3) is 15.3. The van der Waals surface area contributed by atoms with E-state index in [4.69, 9.17) is 5.73 Å². The zero-order valence-electron chi connectivity index (χ0n) is 17.2. The highest BCUT2D eigenvalue weighted by Gasteiger charge is 1.95. The van der Waals surface area contributed by atoms with E-state index in [-0.39, 0.29) is 0 Å². The van der Waals surface area contributed by atoms with Gasteiger partial charge in [0.2, 0.25) is 0 Å². The monoisotopic (exact) mass is 360 g/mol. The molecule has 0 aromatic heterocycles. The summed E-state index contributed by atoms with van der Waals surface area (Å²) in [5, 5.41) is 3.49. The molecule has 0 saturated carbocycles. The second-order valence-electron chi connectivity index (χ2n) is 7.74. The Kier molecular flexibility index (Phi) is 16.6. The average molecular weight is 361 g/mol. The van der Waals surface area contributed by atoms with Crippen LogP contribution in [0, 0.1) is 0 Å². The molecule has 0 heterocycles. The number of hydrogen-bond acceptors (Lipinski definition) is 2. The molecule has 0 saturated heterocycles. The Morgan fingerprint density at radius 1 is 0.500 bits per heavy atom. The van der Waals surface area contributed by atoms with Gasteiger partial charge in [-0.2, -0.15) is 0 Å². The quantitative estimate of drug-likeness (QED) is 0.254. The maximum atomic E-state index is 5.51. The van der Waals surface area contributed by atoms with Crippen molar-refractivity contribution in [2.24, 2.45) is 5.73 Å². The zero-order valence-corrected chi connectivity index (χ0v) is 17.2. The average Bonchev–Trinajstić information content (AvgIpc) is 2.68. The maximum Gasteiger partial charge on any atom is 0.0340 e. The smallest absolute Gasteiger partial charge is 0.0340 e. The first-order valence-electron chi connectivity index (χ1n) is 11.4. The molecule has 0 aliphatic heterocycles. The molecule has 0 bridgehead atoms. The minimum atomic E-state index is 0.867. The highest BCUT2D eigenvalue weighted by atomic mass is 14.9. The fourth-order valence-electron chi connectivity index (χ4n) is 3.53. The molecule has 0 spiro atoms. The van der Waals surface area contributed by atoms with Crippen molar-refractivity contribution in [2.75, 3.05) is 18.4 Å². The van der Waals surface area contributed by atoms with Crippen LogP contribution in [0.1, 0.15) is 103 Å². The van der Waals surface area contributed by atoms with E-state index in [0.29, 0.717) is 0 Å². The third-order valence-corrected chi connectivity index (χ3v) is 5.23. The molecule has 0 radical (unpaired) electrons. The van der Waals surface area contributed by atoms with Gasteiger partial charge in [0.25, 0.3) is 0 Å². The van der Waals surface area contributed by atoms with Crippen LogP contribution in [0.25, 0.3) is 0 Å². The van der Waals surface area contributed by atoms with E-state index in [1.165, 1.54) is 108 Å². The molecule has 0 fully saturated rings. The summed E-state index contributed by atoms with van der Waals surface area (Å²) in [6.07, 6.45) is 22.4. The number of nitrogens with one attached hydrogen (secondary N) is 1. The van der Waals surface area contributed by atoms with Gasteiger partial charge >= 0.3 is 0 Å². The topological polar surface area (TPSA) is 38.0 Å². The fraction of sp³-hybridized carbons (Fsp3) is 0.750. The Bertz CT molecular complexity index is 377. The Morgan fingerprint density at radius 3 is 1.31 bits per heavy atom. The van der Waals surface area contributed by atoms with Gasteiger partial charge < -0.3 is 11.1 Å². The molecule has 1 rings (SSSR count). The summed E-state index contributed by atoms with van der Waals surface area (Å²) >= 11 is 0. The Labute approximate surface area is 163 Å². The molecule has 0 atom stereocenters. The van der Waals surface area contributed by atoms with Crippen LogP contribution in [0.4, 0.5) is 5.69 Å². The molecule has 1 aromatic rings. The standard InChI is InChI=1S/C24H44N2/c25-22-18-13-11-9-7-5-3-1-2-4-6-8-10-12-14-19-23-26-24-20-16-15-17-21-24/h15-17,20-21,26H,1-14,18-19,22-23,25H2. The number of para-hydroxylation sites is 1. The van der Waals surface area contributed by atoms with Gasteiger partial charge in [-0.05, 0) is 31.5 Å². The van der Waals surface area contributed by atoms with Crippen molar-refractivity contribution >= 4 is 5.69 Å². The number of nitrogens with two attached hydrogens (primary N) is 1. The van der Waals surface area contributed by atoms with Crippen molar-refractivity contribution in [1.82, 2.24) is 0 Å². The zero-order chi connectivity index (χ0) is 18.5. The van der Waals surface area contributed by atoms with E-state index in [1.807, 2.05) is 0 Å². The van der Waals surface area contributed by atoms with Crippen LogP contribution in [0.15, 0.2) is 30.3 Å². The summed E-state index contributed by atoms with van der Waals surface area (Å²) in [5.41, 5.74) is 6.76. The summed E-state index contributed by atoms with van der Waals surface area (Å²) in [6.45, 7) is 1.97. The Balaban J connectivity index is 1.68. The van der Waals surface area contributed by atoms with E-state index < -0.39 is 0 Å². The van der Waals surface area contributed by atoms with Crippen LogP contribution in [-0.4, -0.2) is 13.1 Å². The molecule has 26 heavy (non-hydrogen) atoms. The maximum absolute atomic E-state index is 5.51. The van der Waals surface area contributed by atoms with Crippen LogP contribution in [0.2, 0.25) is 0 Å². The number of unbranched alkanes of at least 4 members (excludes halogenated alkanes) is 15. The molecule has 3 N–H and O–H groups in total. The lowest BCUT2D eigenvalue weighted by Crippen LogP contribution is -2.00. The van der Waals surface area contributed by atoms with Crippen LogP contribution in [0.5, 0.6) is 0 Å². The summed E-state index contributed by atoms with van der Waals surface area (Å²) in [7, 11) is 0. The minimum absolute atomic E-state index is 0.867. The molecule has 2 heteroatoms. The van der Waals surface area contributed by atoms with Crippen molar-refractivity contribution in [2.45, 2.75) is 103 Å². The highest BCUT2D eigenvalue weighted by Crippen LogP contribution is 2.14. The van der Waals surface area contributed by atoms with Crippen LogP contribution in [-0.2, 0) is 0 Å². The van der Waals surface area contributed by atoms with E-state index in [9.17, 15) is 0 Å². The summed E-state index contributed by atoms with van der Waals surface area (Å²) in [6, 6.07) is 10.5. The molecule has 0 aliphatic rings. The molecule has 2 nitrogen and oxygen atoms in total. The van der Waals surface area contributed by atoms with E-state index >= 15 is 0 Å². The van der Waals surface area contributed by atoms with Crippen LogP contribution < -0.4 is 11.1 Å². The van der Waals surface area contributed by atoms with Crippen LogP contribution in [0.3, 0.4) is 0 Å². The molecule has 0 unspecified atom stereocenters. The molecular weight excluding hydrogens is 316 g/mol. The van der Waals surface area contributed by atoms with Gasteiger partial charge in [-0.3, -0.25) is 0 Å². The Morgan fingerprint density at radius 2 is 0.885 bits per heavy atom. The second-order valence-corrected chi connectivity index (χ2v) is 7.74. The van der Waals surface area contributed by atoms with E-state index in [1.54, 1.807) is 0 Å². The first-order valence-corrected chi connectivity index (χ1v) is 11.4. The number of rotatable bonds is 19. The van der Waals surface area contributed by atoms with Crippen LogP contribution >= 0.6 is 0 Å². The van der Waals surface area contributed by atoms with Crippen molar-refractivity contribution in [3.05, 3.63) is 30.3 Å². The van der Waals surface area contributed by atoms with Crippen molar-refractivity contribution < 1.29 is 0 Å². The lowest BCUT2D eigenvalue weighted by Gasteiger charge is -2.06. The van der Waals surface area contributed by atoms with Gasteiger partial charge in [-0.25, -0.2) is 0 Å². The second kappa shape index (κ2) is 18.8. The van der Waals surface area contributed by atoms with Crippen molar-refractivity contribution in [3.8, 4) is 0 Å². The summed E-state index contributed by atoms with van der Waals surface area (Å²) in [5.74, 6) is 0. The first-order chi connectivity index (χ1) is 12.9. The molecule has 0 amide bonds. The van der Waals surface area contributed by atoms with E-state index in [0.717, 1.165) is 13.1 Å². The normalized spacial score (nSPS) is 11.0. The van der Waals surface area contributed by atoms with Gasteiger partial charge in [-0.15, -0.1) is 0 Å². The summed E-state index contributed by atoms with van der Waals surface area (Å²) in [4.78, 5) is 0. The molecule has 150 valence electrons. The number of hydrogen-bond donors (Lipinski definition) is 2. The van der Waals surface area contributed by atoms with E-state index in [2.05, 4.69) is 35.6 Å². The fourth-order valence-corrected chi connectivity index (χ4v) is 3.53. The van der Waals surface area contributed by atoms with Gasteiger partial charge in [0.05, 0.1) is 0 Å². The lowest BCUT2D eigenvalue weighted by atomic mass is 10.0. The highest BCUT2D eigenvalue weighted by molar-refractivity contribution is 5.42. The molecular formula is C24H44N2. The van der Waals surface area contributed by atoms with Gasteiger partial charge in [0.1, 0.15) is 0 Å². The largest absolute Gasteiger partial charge is 0.385 e. The van der Waals surface area contributed by atoms with Gasteiger partial charge in [0.15, 0.2) is 0 Å². The first kappa shape index (κ1) is 23.0. The predicted octanol–water partition coefficient (Wildman–Crippen LogP) is 7.30. The Hall–Kier alpha value is -1.02. The van der Waals surface area contributed by atoms with Crippen molar-refractivity contribution in [3.63, 3.8) is 0 Å². The predicted molar refractivity (Wildman–Crippen MR) is 118 cm³/mol. The lowest BCUT2D eigenvalue weighted by molar-refractivity contribution is 0.529.